The van der Waals surface area contributed by atoms with Crippen LogP contribution in [-0.2, 0) is 9.53 Å². The molecule has 1 saturated heterocycles. The number of carbonyl (C=O) groups excluding carboxylic acids is 1. The minimum atomic E-state index is -0.904. The van der Waals surface area contributed by atoms with Crippen LogP contribution in [0.25, 0.3) is 0 Å². The number of hydrogen-bond acceptors (Lipinski definition) is 3. The third-order valence-electron chi connectivity index (χ3n) is 2.57. The summed E-state index contributed by atoms with van der Waals surface area (Å²) < 4.78 is 4.53. The van der Waals surface area contributed by atoms with Crippen LogP contribution in [-0.4, -0.2) is 42.3 Å². The van der Waals surface area contributed by atoms with Crippen LogP contribution >= 0.6 is 0 Å². The van der Waals surface area contributed by atoms with E-state index in [1.54, 1.807) is 0 Å². The number of likely N-dealkylation sites (tertiary alicyclic amines) is 1. The normalized spacial score (nSPS) is 24.0. The maximum absolute atomic E-state index is 11.0. The predicted molar refractivity (Wildman–Crippen MR) is 53.5 cm³/mol. The van der Waals surface area contributed by atoms with Gasteiger partial charge in [-0.1, -0.05) is 12.5 Å². The molecule has 0 aromatic heterocycles. The van der Waals surface area contributed by atoms with Crippen molar-refractivity contribution in [2.75, 3.05) is 20.2 Å². The Hall–Kier alpha value is -1.52. The summed E-state index contributed by atoms with van der Waals surface area (Å²) in [7, 11) is 1.33. The van der Waals surface area contributed by atoms with E-state index in [1.807, 2.05) is 6.92 Å². The van der Waals surface area contributed by atoms with E-state index in [2.05, 4.69) is 4.74 Å². The van der Waals surface area contributed by atoms with Crippen LogP contribution in [0.3, 0.4) is 0 Å². The summed E-state index contributed by atoms with van der Waals surface area (Å²) in [5.74, 6) is -0.297. The van der Waals surface area contributed by atoms with E-state index in [1.165, 1.54) is 18.1 Å². The molecule has 1 atom stereocenters. The molecule has 1 heterocycles. The summed E-state index contributed by atoms with van der Waals surface area (Å²) in [6.07, 6.45) is 1.16. The zero-order chi connectivity index (χ0) is 11.4. The number of nitrogens with zero attached hydrogens (tertiary/aromatic N) is 1. The molecule has 1 amide bonds. The van der Waals surface area contributed by atoms with Crippen LogP contribution in [0.1, 0.15) is 13.3 Å². The molecular weight excluding hydrogens is 198 g/mol. The zero-order valence-electron chi connectivity index (χ0n) is 8.90. The topological polar surface area (TPSA) is 66.8 Å². The van der Waals surface area contributed by atoms with E-state index in [0.29, 0.717) is 19.5 Å². The lowest BCUT2D eigenvalue weighted by Gasteiger charge is -2.30. The fourth-order valence-electron chi connectivity index (χ4n) is 1.65. The molecule has 1 N–H and O–H groups in total. The highest BCUT2D eigenvalue weighted by Crippen LogP contribution is 2.22. The molecule has 5 heteroatoms. The lowest BCUT2D eigenvalue weighted by atomic mass is 9.93. The third kappa shape index (κ3) is 2.97. The molecule has 0 aromatic rings. The summed E-state index contributed by atoms with van der Waals surface area (Å²) >= 11 is 0. The Morgan fingerprint density at radius 2 is 2.27 bits per heavy atom. The first-order chi connectivity index (χ1) is 7.04. The first kappa shape index (κ1) is 11.6. The number of piperidine rings is 1. The molecule has 0 radical (unpaired) electrons. The van der Waals surface area contributed by atoms with Gasteiger partial charge in [0.25, 0.3) is 0 Å². The van der Waals surface area contributed by atoms with Gasteiger partial charge in [0, 0.05) is 19.2 Å². The molecule has 84 valence electrons. The molecule has 1 rings (SSSR count). The largest absolute Gasteiger partial charge is 0.466 e. The van der Waals surface area contributed by atoms with E-state index in [-0.39, 0.29) is 11.9 Å². The Morgan fingerprint density at radius 1 is 1.60 bits per heavy atom. The summed E-state index contributed by atoms with van der Waals surface area (Å²) in [4.78, 5) is 23.1. The van der Waals surface area contributed by atoms with Crippen LogP contribution in [0.4, 0.5) is 4.79 Å². The van der Waals surface area contributed by atoms with Gasteiger partial charge >= 0.3 is 12.1 Å². The maximum Gasteiger partial charge on any atom is 0.407 e. The number of amides is 1. The highest BCUT2D eigenvalue weighted by atomic mass is 16.5. The molecule has 5 nitrogen and oxygen atoms in total. The smallest absolute Gasteiger partial charge is 0.407 e. The standard InChI is InChI=1S/C10H15NO4/c1-7-6-11(10(13)14)4-3-8(7)5-9(12)15-2/h5,7H,3-4,6H2,1-2H3,(H,13,14)/b8-5-. The van der Waals surface area contributed by atoms with Gasteiger partial charge in [-0.15, -0.1) is 0 Å². The van der Waals surface area contributed by atoms with Gasteiger partial charge in [-0.3, -0.25) is 0 Å². The van der Waals surface area contributed by atoms with E-state index in [0.717, 1.165) is 5.57 Å². The van der Waals surface area contributed by atoms with E-state index >= 15 is 0 Å². The SMILES string of the molecule is COC(=O)/C=C1/CCN(C(=O)O)CC1C. The van der Waals surface area contributed by atoms with Gasteiger partial charge in [0.2, 0.25) is 0 Å². The van der Waals surface area contributed by atoms with E-state index < -0.39 is 6.09 Å². The molecule has 0 spiro atoms. The number of esters is 1. The van der Waals surface area contributed by atoms with Gasteiger partial charge in [0.1, 0.15) is 0 Å². The van der Waals surface area contributed by atoms with Crippen LogP contribution in [0, 0.1) is 5.92 Å². The Labute approximate surface area is 88.3 Å². The average Bonchev–Trinajstić information content (AvgIpc) is 2.20. The third-order valence-corrected chi connectivity index (χ3v) is 2.57. The first-order valence-electron chi connectivity index (χ1n) is 4.81. The van der Waals surface area contributed by atoms with E-state index in [4.69, 9.17) is 5.11 Å². The van der Waals surface area contributed by atoms with Crippen molar-refractivity contribution in [2.45, 2.75) is 13.3 Å². The lowest BCUT2D eigenvalue weighted by Crippen LogP contribution is -2.39. The molecule has 1 aliphatic heterocycles. The molecule has 0 aliphatic carbocycles. The minimum Gasteiger partial charge on any atom is -0.466 e. The van der Waals surface area contributed by atoms with Crippen molar-refractivity contribution >= 4 is 12.1 Å². The molecule has 1 aliphatic rings. The van der Waals surface area contributed by atoms with Crippen molar-refractivity contribution in [2.24, 2.45) is 5.92 Å². The molecular formula is C10H15NO4. The molecule has 1 fully saturated rings. The van der Waals surface area contributed by atoms with Crippen LogP contribution in [0.2, 0.25) is 0 Å². The Morgan fingerprint density at radius 3 is 2.73 bits per heavy atom. The lowest BCUT2D eigenvalue weighted by molar-refractivity contribution is -0.134. The van der Waals surface area contributed by atoms with Crippen molar-refractivity contribution < 1.29 is 19.4 Å². The van der Waals surface area contributed by atoms with Crippen molar-refractivity contribution in [3.63, 3.8) is 0 Å². The molecule has 0 bridgehead atoms. The van der Waals surface area contributed by atoms with E-state index in [9.17, 15) is 9.59 Å². The monoisotopic (exact) mass is 213 g/mol. The number of rotatable bonds is 1. The second kappa shape index (κ2) is 4.82. The van der Waals surface area contributed by atoms with Crippen molar-refractivity contribution in [3.05, 3.63) is 11.6 Å². The fourth-order valence-corrected chi connectivity index (χ4v) is 1.65. The van der Waals surface area contributed by atoms with Crippen molar-refractivity contribution in [1.29, 1.82) is 0 Å². The average molecular weight is 213 g/mol. The Balaban J connectivity index is 2.64. The highest BCUT2D eigenvalue weighted by molar-refractivity contribution is 5.82. The molecule has 0 saturated carbocycles. The second-order valence-corrected chi connectivity index (χ2v) is 3.62. The van der Waals surface area contributed by atoms with Crippen LogP contribution in [0.5, 0.6) is 0 Å². The van der Waals surface area contributed by atoms with Gasteiger partial charge < -0.3 is 14.7 Å². The zero-order valence-corrected chi connectivity index (χ0v) is 8.90. The predicted octanol–water partition coefficient (Wildman–Crippen LogP) is 1.11. The maximum atomic E-state index is 11.0. The Kier molecular flexibility index (Phi) is 3.71. The number of methoxy groups -OCH3 is 1. The molecule has 1 unspecified atom stereocenters. The summed E-state index contributed by atoms with van der Waals surface area (Å²) in [5, 5.41) is 8.79. The number of ether oxygens (including phenoxy) is 1. The van der Waals surface area contributed by atoms with Gasteiger partial charge in [0.15, 0.2) is 0 Å². The molecule has 0 aromatic carbocycles. The number of carbonyl (C=O) groups is 2. The Bertz CT molecular complexity index is 298. The highest BCUT2D eigenvalue weighted by Gasteiger charge is 2.24. The van der Waals surface area contributed by atoms with Gasteiger partial charge in [-0.2, -0.15) is 0 Å². The fraction of sp³-hybridized carbons (Fsp3) is 0.600. The van der Waals surface area contributed by atoms with Crippen molar-refractivity contribution in [1.82, 2.24) is 4.90 Å². The van der Waals surface area contributed by atoms with Crippen LogP contribution in [0.15, 0.2) is 11.6 Å². The first-order valence-corrected chi connectivity index (χ1v) is 4.81. The minimum absolute atomic E-state index is 0.0777. The van der Waals surface area contributed by atoms with Gasteiger partial charge in [-0.05, 0) is 12.3 Å². The number of carboxylic acid groups (broad SMARTS) is 1. The molecule has 15 heavy (non-hydrogen) atoms. The van der Waals surface area contributed by atoms with Crippen LogP contribution < -0.4 is 0 Å². The summed E-state index contributed by atoms with van der Waals surface area (Å²) in [6, 6.07) is 0. The van der Waals surface area contributed by atoms with Gasteiger partial charge in [0.05, 0.1) is 7.11 Å². The number of hydrogen-bond donors (Lipinski definition) is 1. The van der Waals surface area contributed by atoms with Gasteiger partial charge in [-0.25, -0.2) is 9.59 Å². The summed E-state index contributed by atoms with van der Waals surface area (Å²) in [6.45, 7) is 2.80. The quantitative estimate of drug-likeness (QED) is 0.523. The second-order valence-electron chi connectivity index (χ2n) is 3.62. The van der Waals surface area contributed by atoms with Crippen molar-refractivity contribution in [3.8, 4) is 0 Å². The summed E-state index contributed by atoms with van der Waals surface area (Å²) in [5.41, 5.74) is 0.958.